The Hall–Kier alpha value is -2.43. The van der Waals surface area contributed by atoms with Crippen molar-refractivity contribution in [2.75, 3.05) is 6.54 Å². The van der Waals surface area contributed by atoms with Crippen molar-refractivity contribution in [1.82, 2.24) is 14.7 Å². The highest BCUT2D eigenvalue weighted by Gasteiger charge is 2.32. The van der Waals surface area contributed by atoms with E-state index < -0.39 is 0 Å². The van der Waals surface area contributed by atoms with Gasteiger partial charge in [0.25, 0.3) is 11.5 Å². The zero-order valence-electron chi connectivity index (χ0n) is 12.6. The molecule has 0 saturated heterocycles. The van der Waals surface area contributed by atoms with E-state index in [1.165, 1.54) is 16.8 Å². The lowest BCUT2D eigenvalue weighted by molar-refractivity contribution is 0.0743. The van der Waals surface area contributed by atoms with Crippen molar-refractivity contribution >= 4 is 5.91 Å². The van der Waals surface area contributed by atoms with Crippen LogP contribution in [0.2, 0.25) is 0 Å². The molecule has 114 valence electrons. The van der Waals surface area contributed by atoms with Crippen LogP contribution in [0.25, 0.3) is 0 Å². The molecule has 3 rings (SSSR count). The summed E-state index contributed by atoms with van der Waals surface area (Å²) in [5, 5.41) is 4.26. The number of carbonyl (C=O) groups is 1. The average Bonchev–Trinajstić information content (AvgIpc) is 3.36. The lowest BCUT2D eigenvalue weighted by atomic mass is 10.2. The van der Waals surface area contributed by atoms with Crippen molar-refractivity contribution in [2.24, 2.45) is 0 Å². The van der Waals surface area contributed by atoms with E-state index in [0.29, 0.717) is 24.8 Å². The largest absolute Gasteiger partial charge is 0.335 e. The summed E-state index contributed by atoms with van der Waals surface area (Å²) in [4.78, 5) is 26.3. The summed E-state index contributed by atoms with van der Waals surface area (Å²) < 4.78 is 1.35. The van der Waals surface area contributed by atoms with Gasteiger partial charge in [-0.1, -0.05) is 30.3 Å². The number of amides is 1. The van der Waals surface area contributed by atoms with E-state index in [-0.39, 0.29) is 11.5 Å². The first-order valence-electron chi connectivity index (χ1n) is 7.62. The molecule has 5 heteroatoms. The fourth-order valence-electron chi connectivity index (χ4n) is 2.53. The molecule has 1 amide bonds. The maximum absolute atomic E-state index is 12.5. The van der Waals surface area contributed by atoms with Gasteiger partial charge in [0.1, 0.15) is 5.69 Å². The van der Waals surface area contributed by atoms with Gasteiger partial charge in [0.05, 0.1) is 6.54 Å². The van der Waals surface area contributed by atoms with Crippen molar-refractivity contribution in [3.63, 3.8) is 0 Å². The minimum Gasteiger partial charge on any atom is -0.335 e. The van der Waals surface area contributed by atoms with Crippen molar-refractivity contribution in [1.29, 1.82) is 0 Å². The standard InChI is InChI=1S/C17H19N3O2/c1-2-19(14-8-9-14)17(22)15-10-11-16(21)20(18-15)12-13-6-4-3-5-7-13/h3-7,10-11,14H,2,8-9,12H2,1H3. The number of nitrogens with zero attached hydrogens (tertiary/aromatic N) is 3. The van der Waals surface area contributed by atoms with Crippen LogP contribution >= 0.6 is 0 Å². The molecule has 1 fully saturated rings. The molecule has 1 aliphatic rings. The third kappa shape index (κ3) is 3.08. The van der Waals surface area contributed by atoms with Gasteiger partial charge in [0.15, 0.2) is 0 Å². The first-order chi connectivity index (χ1) is 10.7. The molecule has 1 heterocycles. The topological polar surface area (TPSA) is 55.2 Å². The van der Waals surface area contributed by atoms with E-state index in [2.05, 4.69) is 5.10 Å². The molecular formula is C17H19N3O2. The Labute approximate surface area is 129 Å². The molecule has 0 spiro atoms. The van der Waals surface area contributed by atoms with Crippen molar-refractivity contribution in [3.05, 3.63) is 64.1 Å². The predicted molar refractivity (Wildman–Crippen MR) is 83.8 cm³/mol. The monoisotopic (exact) mass is 297 g/mol. The van der Waals surface area contributed by atoms with E-state index in [0.717, 1.165) is 18.4 Å². The summed E-state index contributed by atoms with van der Waals surface area (Å²) in [7, 11) is 0. The number of carbonyl (C=O) groups excluding carboxylic acids is 1. The molecule has 22 heavy (non-hydrogen) atoms. The Kier molecular flexibility index (Phi) is 4.04. The summed E-state index contributed by atoms with van der Waals surface area (Å²) in [6.45, 7) is 3.01. The van der Waals surface area contributed by atoms with Gasteiger partial charge in [-0.2, -0.15) is 5.10 Å². The summed E-state index contributed by atoms with van der Waals surface area (Å²) in [5.74, 6) is -0.0909. The maximum atomic E-state index is 12.5. The first-order valence-corrected chi connectivity index (χ1v) is 7.62. The minimum atomic E-state index is -0.199. The van der Waals surface area contributed by atoms with E-state index in [4.69, 9.17) is 0 Å². The number of hydrogen-bond donors (Lipinski definition) is 0. The van der Waals surface area contributed by atoms with Gasteiger partial charge in [-0.05, 0) is 31.4 Å². The second kappa shape index (κ2) is 6.13. The van der Waals surface area contributed by atoms with Crippen molar-refractivity contribution < 1.29 is 4.79 Å². The Balaban J connectivity index is 1.86. The first kappa shape index (κ1) is 14.5. The van der Waals surface area contributed by atoms with E-state index >= 15 is 0 Å². The highest BCUT2D eigenvalue weighted by molar-refractivity contribution is 5.92. The molecule has 1 saturated carbocycles. The fourth-order valence-corrected chi connectivity index (χ4v) is 2.53. The van der Waals surface area contributed by atoms with Gasteiger partial charge in [-0.15, -0.1) is 0 Å². The van der Waals surface area contributed by atoms with Crippen LogP contribution in [0.3, 0.4) is 0 Å². The normalized spacial score (nSPS) is 13.9. The van der Waals surface area contributed by atoms with Gasteiger partial charge < -0.3 is 4.90 Å². The van der Waals surface area contributed by atoms with E-state index in [9.17, 15) is 9.59 Å². The molecule has 0 aliphatic heterocycles. The van der Waals surface area contributed by atoms with Crippen molar-refractivity contribution in [2.45, 2.75) is 32.4 Å². The van der Waals surface area contributed by atoms with Crippen LogP contribution in [-0.2, 0) is 6.54 Å². The van der Waals surface area contributed by atoms with Gasteiger partial charge >= 0.3 is 0 Å². The van der Waals surface area contributed by atoms with Crippen LogP contribution in [0.15, 0.2) is 47.3 Å². The molecule has 2 aromatic rings. The molecule has 5 nitrogen and oxygen atoms in total. The lowest BCUT2D eigenvalue weighted by Gasteiger charge is -2.20. The van der Waals surface area contributed by atoms with Gasteiger partial charge in [0, 0.05) is 18.7 Å². The van der Waals surface area contributed by atoms with E-state index in [1.54, 1.807) is 0 Å². The van der Waals surface area contributed by atoms with Gasteiger partial charge in [0.2, 0.25) is 0 Å². The summed E-state index contributed by atoms with van der Waals surface area (Å²) >= 11 is 0. The quantitative estimate of drug-likeness (QED) is 0.847. The fraction of sp³-hybridized carbons (Fsp3) is 0.353. The van der Waals surface area contributed by atoms with Crippen LogP contribution in [0.5, 0.6) is 0 Å². The van der Waals surface area contributed by atoms with Crippen LogP contribution in [0, 0.1) is 0 Å². The minimum absolute atomic E-state index is 0.0909. The number of aromatic nitrogens is 2. The van der Waals surface area contributed by atoms with Crippen LogP contribution in [0.4, 0.5) is 0 Å². The maximum Gasteiger partial charge on any atom is 0.274 e. The lowest BCUT2D eigenvalue weighted by Crippen LogP contribution is -2.35. The molecular weight excluding hydrogens is 278 g/mol. The third-order valence-corrected chi connectivity index (χ3v) is 3.85. The SMILES string of the molecule is CCN(C(=O)c1ccc(=O)n(Cc2ccccc2)n1)C1CC1. The third-order valence-electron chi connectivity index (χ3n) is 3.85. The smallest absolute Gasteiger partial charge is 0.274 e. The highest BCUT2D eigenvalue weighted by Crippen LogP contribution is 2.27. The summed E-state index contributed by atoms with van der Waals surface area (Å²) in [6.07, 6.45) is 2.12. The second-order valence-electron chi connectivity index (χ2n) is 5.52. The van der Waals surface area contributed by atoms with Gasteiger partial charge in [-0.25, -0.2) is 4.68 Å². The summed E-state index contributed by atoms with van der Waals surface area (Å²) in [6, 6.07) is 12.9. The molecule has 1 aliphatic carbocycles. The Morgan fingerprint density at radius 2 is 1.95 bits per heavy atom. The average molecular weight is 297 g/mol. The second-order valence-corrected chi connectivity index (χ2v) is 5.52. The number of benzene rings is 1. The van der Waals surface area contributed by atoms with Crippen LogP contribution in [-0.4, -0.2) is 33.2 Å². The Morgan fingerprint density at radius 3 is 2.59 bits per heavy atom. The predicted octanol–water partition coefficient (Wildman–Crippen LogP) is 1.92. The molecule has 0 atom stereocenters. The van der Waals surface area contributed by atoms with E-state index in [1.807, 2.05) is 42.2 Å². The molecule has 0 N–H and O–H groups in total. The number of hydrogen-bond acceptors (Lipinski definition) is 3. The molecule has 1 aromatic heterocycles. The van der Waals surface area contributed by atoms with Crippen LogP contribution in [0.1, 0.15) is 35.8 Å². The Morgan fingerprint density at radius 1 is 1.23 bits per heavy atom. The molecule has 0 unspecified atom stereocenters. The Bertz CT molecular complexity index is 720. The molecule has 0 radical (unpaired) electrons. The van der Waals surface area contributed by atoms with Gasteiger partial charge in [-0.3, -0.25) is 9.59 Å². The zero-order chi connectivity index (χ0) is 15.5. The summed E-state index contributed by atoms with van der Waals surface area (Å²) in [5.41, 5.74) is 1.12. The number of rotatable bonds is 5. The molecule has 0 bridgehead atoms. The highest BCUT2D eigenvalue weighted by atomic mass is 16.2. The van der Waals surface area contributed by atoms with Crippen LogP contribution < -0.4 is 5.56 Å². The zero-order valence-corrected chi connectivity index (χ0v) is 12.6. The molecule has 1 aromatic carbocycles. The van der Waals surface area contributed by atoms with Crippen molar-refractivity contribution in [3.8, 4) is 0 Å².